The van der Waals surface area contributed by atoms with E-state index in [0.29, 0.717) is 43.2 Å². The van der Waals surface area contributed by atoms with Crippen molar-refractivity contribution in [3.63, 3.8) is 0 Å². The summed E-state index contributed by atoms with van der Waals surface area (Å²) in [5, 5.41) is 9.33. The van der Waals surface area contributed by atoms with Gasteiger partial charge in [-0.3, -0.25) is 14.6 Å². The second-order valence-electron chi connectivity index (χ2n) is 25.2. The molecule has 6 heterocycles. The molecule has 0 spiro atoms. The van der Waals surface area contributed by atoms with E-state index in [4.69, 9.17) is 23.4 Å². The number of fused-ring (bicyclic) bond motifs is 2. The molecule has 87 heavy (non-hydrogen) atoms. The van der Waals surface area contributed by atoms with E-state index in [2.05, 4.69) is 53.1 Å². The predicted molar refractivity (Wildman–Crippen MR) is 305 cm³/mol. The van der Waals surface area contributed by atoms with Crippen molar-refractivity contribution >= 4 is 70.5 Å². The minimum atomic E-state index is -6.85. The van der Waals surface area contributed by atoms with E-state index in [0.717, 1.165) is 43.9 Å². The Kier molecular flexibility index (Phi) is 23.4. The van der Waals surface area contributed by atoms with Crippen molar-refractivity contribution in [2.45, 2.75) is 218 Å². The van der Waals surface area contributed by atoms with Gasteiger partial charge < -0.3 is 27.5 Å². The fourth-order valence-electron chi connectivity index (χ4n) is 7.54. The molecule has 0 unspecified atom stereocenters. The summed E-state index contributed by atoms with van der Waals surface area (Å²) in [6.45, 7) is 33.3. The fourth-order valence-corrected chi connectivity index (χ4v) is 11.4. The lowest BCUT2D eigenvalue weighted by molar-refractivity contribution is -0.0586. The molecule has 0 aliphatic carbocycles. The maximum Gasteiger partial charge on any atom is 0.534 e. The van der Waals surface area contributed by atoms with Crippen LogP contribution in [0.5, 0.6) is 5.88 Å². The summed E-state index contributed by atoms with van der Waals surface area (Å²) >= 11 is 0. The SMILES string of the molecule is C.CC(C)(C)OC(=O)N1CCCC[C@H]1c1cc2[nH]c(=O)cc(CO[Si](C)(C)C(C)(C)C)n2n1.CC(C)(C)OC(=O)N1CCCC[C@H]1c1cc2nc(OS(=O)(=O)C(F)(F)F)cc(CO[Si](C)(C)C(C)(C)C)n2n1.O=S(=O)(OS(=O)(=O)C(F)(F)F)C(F)(F)F. The Morgan fingerprint density at radius 1 is 0.575 bits per heavy atom. The molecule has 2 atom stereocenters. The molecule has 37 heteroatoms. The molecular weight excluding hydrogens is 1280 g/mol. The van der Waals surface area contributed by atoms with E-state index < -0.39 is 92.7 Å². The number of nitrogens with zero attached hydrogens (tertiary/aromatic N) is 7. The van der Waals surface area contributed by atoms with Gasteiger partial charge in [-0.05, 0) is 116 Å². The van der Waals surface area contributed by atoms with Crippen LogP contribution in [0.25, 0.3) is 11.3 Å². The zero-order valence-corrected chi connectivity index (χ0v) is 54.9. The molecule has 0 bridgehead atoms. The highest BCUT2D eigenvalue weighted by atomic mass is 32.3. The first kappa shape index (κ1) is 76.2. The van der Waals surface area contributed by atoms with Crippen LogP contribution in [0.2, 0.25) is 36.3 Å². The van der Waals surface area contributed by atoms with Crippen molar-refractivity contribution in [2.75, 3.05) is 13.1 Å². The summed E-state index contributed by atoms with van der Waals surface area (Å²) in [5.74, 6) is -0.757. The number of likely N-dealkylation sites (tertiary alicyclic amines) is 2. The van der Waals surface area contributed by atoms with Gasteiger partial charge in [0.1, 0.15) is 16.8 Å². The summed E-state index contributed by atoms with van der Waals surface area (Å²) in [6, 6.07) is 5.35. The van der Waals surface area contributed by atoms with Crippen LogP contribution in [0.4, 0.5) is 49.1 Å². The van der Waals surface area contributed by atoms with Crippen LogP contribution in [0.3, 0.4) is 0 Å². The quantitative estimate of drug-likeness (QED) is 0.0597. The highest BCUT2D eigenvalue weighted by Gasteiger charge is 2.57. The average molecular weight is 1360 g/mol. The molecule has 0 radical (unpaired) electrons. The number of hydrogen-bond donors (Lipinski definition) is 1. The molecule has 23 nitrogen and oxygen atoms in total. The van der Waals surface area contributed by atoms with Gasteiger partial charge in [-0.1, -0.05) is 49.0 Å². The number of aromatic nitrogens is 6. The molecular formula is C50H79F9N8O15S3Si2. The highest BCUT2D eigenvalue weighted by molar-refractivity contribution is 8.00. The predicted octanol–water partition coefficient (Wildman–Crippen LogP) is 12.3. The number of alkyl halides is 9. The zero-order chi connectivity index (χ0) is 66.2. The Morgan fingerprint density at radius 3 is 1.33 bits per heavy atom. The molecule has 2 saturated heterocycles. The normalized spacial score (nSPS) is 17.4. The number of aromatic amines is 1. The molecule has 2 amide bonds. The standard InChI is InChI=1S/C24H37F3N4O6SSi.C23H38N4O4Si.C2F6O5S2.CH4/c1-22(2,3)36-21(32)30-12-10-9-11-18(30)17-14-19-28-20(37-38(33,34)24(25,26)27)13-16(31(19)29-17)15-35-39(7,8)23(4,5)6;1-22(2,3)31-21(29)26-12-10-9-11-18(26)17-14-19-24-20(28)13-16(27(19)25-17)15-30-32(7,8)23(4,5)6;3-1(4,5)14(9,10)13-15(11,12)2(6,7)8;/h13-14,18H,9-12,15H2,1-8H3;13-14,18H,9-12,15H2,1-8H3,(H,24,28);;1H4/t2*18-;;/m00../s1. The first-order chi connectivity index (χ1) is 38.5. The third kappa shape index (κ3) is 20.0. The maximum atomic E-state index is 13.0. The van der Waals surface area contributed by atoms with E-state index in [1.807, 2.05) is 64.3 Å². The van der Waals surface area contributed by atoms with Crippen molar-refractivity contribution in [3.05, 3.63) is 57.4 Å². The summed E-state index contributed by atoms with van der Waals surface area (Å²) in [7, 11) is -23.9. The molecule has 4 aromatic rings. The van der Waals surface area contributed by atoms with Crippen LogP contribution >= 0.6 is 0 Å². The average Bonchev–Trinajstić information content (AvgIpc) is 1.81. The summed E-state index contributed by atoms with van der Waals surface area (Å²) in [4.78, 5) is 48.3. The lowest BCUT2D eigenvalue weighted by Gasteiger charge is -2.36. The fraction of sp³-hybridized carbons (Fsp3) is 0.720. The van der Waals surface area contributed by atoms with E-state index in [1.54, 1.807) is 41.2 Å². The molecule has 0 aromatic carbocycles. The number of nitrogens with one attached hydrogen (secondary N) is 1. The number of rotatable bonds is 12. The Labute approximate surface area is 502 Å². The summed E-state index contributed by atoms with van der Waals surface area (Å²) in [6.07, 6.45) is 4.12. The van der Waals surface area contributed by atoms with Gasteiger partial charge in [0.05, 0.1) is 48.1 Å². The van der Waals surface area contributed by atoms with Crippen LogP contribution in [0.15, 0.2) is 29.1 Å². The molecule has 2 fully saturated rings. The van der Waals surface area contributed by atoms with Crippen LogP contribution in [-0.2, 0) is 65.5 Å². The molecule has 2 aliphatic rings. The molecule has 498 valence electrons. The van der Waals surface area contributed by atoms with E-state index >= 15 is 0 Å². The molecule has 4 aromatic heterocycles. The molecule has 0 saturated carbocycles. The van der Waals surface area contributed by atoms with Crippen molar-refractivity contribution in [2.24, 2.45) is 0 Å². The Bertz CT molecular complexity index is 3440. The third-order valence-corrected chi connectivity index (χ3v) is 26.5. The van der Waals surface area contributed by atoms with Gasteiger partial charge in [-0.25, -0.2) is 18.6 Å². The van der Waals surface area contributed by atoms with Gasteiger partial charge in [-0.2, -0.15) is 79.9 Å². The summed E-state index contributed by atoms with van der Waals surface area (Å²) in [5.41, 5.74) is -16.8. The topological polar surface area (TPSA) is 279 Å². The maximum absolute atomic E-state index is 13.0. The monoisotopic (exact) mass is 1350 g/mol. The van der Waals surface area contributed by atoms with Crippen molar-refractivity contribution in [1.29, 1.82) is 0 Å². The number of carbonyl (C=O) groups excluding carboxylic acids is 2. The number of hydrogen-bond acceptors (Lipinski definition) is 18. The molecule has 2 aliphatic heterocycles. The van der Waals surface area contributed by atoms with Crippen molar-refractivity contribution in [3.8, 4) is 5.88 Å². The summed E-state index contributed by atoms with van der Waals surface area (Å²) < 4.78 is 204. The smallest absolute Gasteiger partial charge is 0.444 e. The number of piperidine rings is 2. The van der Waals surface area contributed by atoms with Crippen LogP contribution in [0, 0.1) is 0 Å². The first-order valence-corrected chi connectivity index (χ1v) is 36.7. The number of halogens is 9. The lowest BCUT2D eigenvalue weighted by Crippen LogP contribution is -2.42. The highest BCUT2D eigenvalue weighted by Crippen LogP contribution is 2.40. The number of amides is 2. The second-order valence-corrected chi connectivity index (χ2v) is 39.7. The van der Waals surface area contributed by atoms with Gasteiger partial charge in [0, 0.05) is 37.4 Å². The Hall–Kier alpha value is -5.09. The molecule has 6 rings (SSSR count). The van der Waals surface area contributed by atoms with Crippen LogP contribution < -0.4 is 9.74 Å². The first-order valence-electron chi connectivity index (χ1n) is 26.6. The van der Waals surface area contributed by atoms with Gasteiger partial charge in [-0.15, -0.1) is 3.63 Å². The number of carbonyl (C=O) groups is 2. The van der Waals surface area contributed by atoms with E-state index in [9.17, 15) is 79.2 Å². The second kappa shape index (κ2) is 26.8. The van der Waals surface area contributed by atoms with Gasteiger partial charge >= 0.3 is 59.1 Å². The van der Waals surface area contributed by atoms with Crippen LogP contribution in [0.1, 0.15) is 164 Å². The van der Waals surface area contributed by atoms with E-state index in [1.165, 1.54) is 10.6 Å². The molecule has 1 N–H and O–H groups in total. The Balaban J connectivity index is 0.000000371. The Morgan fingerprint density at radius 2 is 0.954 bits per heavy atom. The van der Waals surface area contributed by atoms with Crippen LogP contribution in [-0.4, -0.2) is 134 Å². The largest absolute Gasteiger partial charge is 0.534 e. The lowest BCUT2D eigenvalue weighted by atomic mass is 10.00. The van der Waals surface area contributed by atoms with Crippen molar-refractivity contribution in [1.82, 2.24) is 39.0 Å². The van der Waals surface area contributed by atoms with Gasteiger partial charge in [0.15, 0.2) is 22.3 Å². The minimum absolute atomic E-state index is 0. The van der Waals surface area contributed by atoms with Gasteiger partial charge in [0.25, 0.3) is 5.56 Å². The van der Waals surface area contributed by atoms with Gasteiger partial charge in [0.2, 0.25) is 5.88 Å². The number of ether oxygens (including phenoxy) is 2. The zero-order valence-electron chi connectivity index (χ0n) is 50.4. The van der Waals surface area contributed by atoms with Crippen molar-refractivity contribution < 1.29 is 100 Å². The van der Waals surface area contributed by atoms with E-state index in [-0.39, 0.29) is 53.1 Å². The third-order valence-electron chi connectivity index (χ3n) is 14.0. The number of H-pyrrole nitrogens is 1. The minimum Gasteiger partial charge on any atom is -0.444 e.